The first-order chi connectivity index (χ1) is 15.0. The molecule has 1 aliphatic heterocycles. The van der Waals surface area contributed by atoms with Crippen LogP contribution in [0.1, 0.15) is 54.9 Å². The first-order valence-corrected chi connectivity index (χ1v) is 11.5. The number of carbonyl (C=O) groups excluding carboxylic acids is 2. The molecule has 0 amide bonds. The summed E-state index contributed by atoms with van der Waals surface area (Å²) in [5.74, 6) is 0.482. The Labute approximate surface area is 185 Å². The van der Waals surface area contributed by atoms with Crippen molar-refractivity contribution in [1.82, 2.24) is 5.32 Å². The van der Waals surface area contributed by atoms with Crippen molar-refractivity contribution in [3.63, 3.8) is 0 Å². The van der Waals surface area contributed by atoms with Crippen molar-refractivity contribution < 1.29 is 23.5 Å². The summed E-state index contributed by atoms with van der Waals surface area (Å²) in [7, 11) is 0. The highest BCUT2D eigenvalue weighted by Gasteiger charge is 2.42. The number of furan rings is 1. The number of ketones is 1. The van der Waals surface area contributed by atoms with Crippen molar-refractivity contribution in [2.45, 2.75) is 45.4 Å². The number of thiophene rings is 1. The van der Waals surface area contributed by atoms with Crippen molar-refractivity contribution in [3.05, 3.63) is 68.6 Å². The molecule has 1 aliphatic carbocycles. The van der Waals surface area contributed by atoms with Gasteiger partial charge in [-0.15, -0.1) is 11.3 Å². The Morgan fingerprint density at radius 1 is 1.23 bits per heavy atom. The first-order valence-electron chi connectivity index (χ1n) is 10.6. The molecule has 7 heteroatoms. The van der Waals surface area contributed by atoms with E-state index in [4.69, 9.17) is 13.9 Å². The van der Waals surface area contributed by atoms with Crippen molar-refractivity contribution >= 4 is 23.1 Å². The number of hydrogen-bond acceptors (Lipinski definition) is 7. The fourth-order valence-corrected chi connectivity index (χ4v) is 5.17. The summed E-state index contributed by atoms with van der Waals surface area (Å²) in [5.41, 5.74) is 2.60. The molecule has 0 saturated heterocycles. The lowest BCUT2D eigenvalue weighted by molar-refractivity contribution is -0.141. The number of aryl methyl sites for hydroxylation is 1. The molecule has 31 heavy (non-hydrogen) atoms. The van der Waals surface area contributed by atoms with Gasteiger partial charge in [-0.2, -0.15) is 0 Å². The topological polar surface area (TPSA) is 77.8 Å². The highest BCUT2D eigenvalue weighted by molar-refractivity contribution is 7.10. The van der Waals surface area contributed by atoms with Gasteiger partial charge < -0.3 is 19.2 Å². The van der Waals surface area contributed by atoms with Crippen molar-refractivity contribution in [2.24, 2.45) is 0 Å². The standard InChI is InChI=1S/C24H27NO5S/c1-4-28-9-10-29-24(27)21-15(3)25-17-12-16(20-6-5-11-31-20)13-18(26)22(17)23(21)19-8-7-14(2)30-19/h5-8,11,16,23,25H,4,9-10,12-13H2,1-3H3/t16-,23-/m0/s1. The molecule has 6 nitrogen and oxygen atoms in total. The second-order valence-corrected chi connectivity index (χ2v) is 8.79. The number of carbonyl (C=O) groups is 2. The van der Waals surface area contributed by atoms with Crippen LogP contribution in [-0.2, 0) is 19.1 Å². The molecule has 2 aliphatic rings. The Kier molecular flexibility index (Phi) is 6.43. The summed E-state index contributed by atoms with van der Waals surface area (Å²) in [6.07, 6.45) is 1.14. The maximum absolute atomic E-state index is 13.4. The summed E-state index contributed by atoms with van der Waals surface area (Å²) in [4.78, 5) is 27.6. The summed E-state index contributed by atoms with van der Waals surface area (Å²) < 4.78 is 16.7. The zero-order valence-corrected chi connectivity index (χ0v) is 18.8. The Bertz CT molecular complexity index is 1030. The third kappa shape index (κ3) is 4.38. The van der Waals surface area contributed by atoms with Gasteiger partial charge in [0.1, 0.15) is 18.1 Å². The lowest BCUT2D eigenvalue weighted by atomic mass is 9.74. The van der Waals surface area contributed by atoms with Crippen LogP contribution in [0.3, 0.4) is 0 Å². The van der Waals surface area contributed by atoms with E-state index < -0.39 is 11.9 Å². The molecule has 0 radical (unpaired) electrons. The zero-order chi connectivity index (χ0) is 22.0. The van der Waals surface area contributed by atoms with Crippen molar-refractivity contribution in [1.29, 1.82) is 0 Å². The fraction of sp³-hybridized carbons (Fsp3) is 0.417. The molecule has 2 aromatic heterocycles. The van der Waals surface area contributed by atoms with Gasteiger partial charge in [0.2, 0.25) is 0 Å². The van der Waals surface area contributed by atoms with Crippen LogP contribution in [0.5, 0.6) is 0 Å². The van der Waals surface area contributed by atoms with Crippen LogP contribution in [0.2, 0.25) is 0 Å². The van der Waals surface area contributed by atoms with Gasteiger partial charge in [0, 0.05) is 40.8 Å². The molecule has 4 rings (SSSR count). The number of dihydropyridines is 1. The van der Waals surface area contributed by atoms with Crippen LogP contribution in [0.4, 0.5) is 0 Å². The van der Waals surface area contributed by atoms with Crippen LogP contribution in [0.15, 0.2) is 56.6 Å². The molecular weight excluding hydrogens is 414 g/mol. The van der Waals surface area contributed by atoms with E-state index in [0.29, 0.717) is 42.2 Å². The van der Waals surface area contributed by atoms with E-state index in [1.54, 1.807) is 11.3 Å². The molecule has 164 valence electrons. The Morgan fingerprint density at radius 3 is 2.74 bits per heavy atom. The molecule has 2 aromatic rings. The molecule has 0 spiro atoms. The van der Waals surface area contributed by atoms with Gasteiger partial charge in [-0.05, 0) is 50.8 Å². The minimum Gasteiger partial charge on any atom is -0.465 e. The second kappa shape index (κ2) is 9.24. The smallest absolute Gasteiger partial charge is 0.336 e. The van der Waals surface area contributed by atoms with E-state index in [2.05, 4.69) is 11.4 Å². The van der Waals surface area contributed by atoms with Gasteiger partial charge >= 0.3 is 5.97 Å². The minimum atomic E-state index is -0.568. The van der Waals surface area contributed by atoms with E-state index >= 15 is 0 Å². The van der Waals surface area contributed by atoms with E-state index in [1.165, 1.54) is 4.88 Å². The van der Waals surface area contributed by atoms with Crippen LogP contribution >= 0.6 is 11.3 Å². The molecule has 2 atom stereocenters. The third-order valence-electron chi connectivity index (χ3n) is 5.70. The van der Waals surface area contributed by atoms with Gasteiger partial charge in [0.05, 0.1) is 18.1 Å². The van der Waals surface area contributed by atoms with Crippen LogP contribution in [0.25, 0.3) is 0 Å². The summed E-state index contributed by atoms with van der Waals surface area (Å²) in [6, 6.07) is 7.79. The van der Waals surface area contributed by atoms with Crippen LogP contribution < -0.4 is 5.32 Å². The molecule has 3 heterocycles. The Balaban J connectivity index is 1.69. The highest BCUT2D eigenvalue weighted by atomic mass is 32.1. The normalized spacial score (nSPS) is 21.2. The van der Waals surface area contributed by atoms with Gasteiger partial charge in [-0.1, -0.05) is 6.07 Å². The molecular formula is C24H27NO5S. The van der Waals surface area contributed by atoms with Gasteiger partial charge in [-0.25, -0.2) is 4.79 Å². The molecule has 1 N–H and O–H groups in total. The van der Waals surface area contributed by atoms with Crippen molar-refractivity contribution in [3.8, 4) is 0 Å². The van der Waals surface area contributed by atoms with Gasteiger partial charge in [0.15, 0.2) is 5.78 Å². The number of esters is 1. The van der Waals surface area contributed by atoms with E-state index in [1.807, 2.05) is 44.4 Å². The zero-order valence-electron chi connectivity index (χ0n) is 18.0. The van der Waals surface area contributed by atoms with E-state index in [0.717, 1.165) is 17.9 Å². The van der Waals surface area contributed by atoms with Crippen LogP contribution in [0, 0.1) is 6.92 Å². The molecule has 0 saturated carbocycles. The third-order valence-corrected chi connectivity index (χ3v) is 6.74. The summed E-state index contributed by atoms with van der Waals surface area (Å²) in [5, 5.41) is 5.38. The SMILES string of the molecule is CCOCCOC(=O)C1=C(C)NC2=C(C(=O)C[C@@H](c3cccs3)C2)[C@H]1c1ccc(C)o1. The number of Topliss-reactive ketones (excluding diaryl/α,β-unsaturated/α-hetero) is 1. The largest absolute Gasteiger partial charge is 0.465 e. The predicted molar refractivity (Wildman–Crippen MR) is 118 cm³/mol. The quantitative estimate of drug-likeness (QED) is 0.500. The number of hydrogen-bond donors (Lipinski definition) is 1. The van der Waals surface area contributed by atoms with Gasteiger partial charge in [-0.3, -0.25) is 4.79 Å². The average molecular weight is 442 g/mol. The minimum absolute atomic E-state index is 0.0401. The fourth-order valence-electron chi connectivity index (χ4n) is 4.34. The van der Waals surface area contributed by atoms with Crippen LogP contribution in [-0.4, -0.2) is 31.6 Å². The summed E-state index contributed by atoms with van der Waals surface area (Å²) in [6.45, 7) is 6.65. The maximum Gasteiger partial charge on any atom is 0.336 e. The number of nitrogens with one attached hydrogen (secondary N) is 1. The first kappa shape index (κ1) is 21.6. The predicted octanol–water partition coefficient (Wildman–Crippen LogP) is 4.59. The number of ether oxygens (including phenoxy) is 2. The molecule has 0 aromatic carbocycles. The van der Waals surface area contributed by atoms with E-state index in [9.17, 15) is 9.59 Å². The maximum atomic E-state index is 13.4. The monoisotopic (exact) mass is 441 g/mol. The number of allylic oxidation sites excluding steroid dienone is 3. The van der Waals surface area contributed by atoms with Crippen molar-refractivity contribution in [2.75, 3.05) is 19.8 Å². The summed E-state index contributed by atoms with van der Waals surface area (Å²) >= 11 is 1.67. The molecule has 0 unspecified atom stereocenters. The number of rotatable bonds is 7. The Hall–Kier alpha value is -2.64. The van der Waals surface area contributed by atoms with E-state index in [-0.39, 0.29) is 18.3 Å². The lowest BCUT2D eigenvalue weighted by Crippen LogP contribution is -2.36. The lowest BCUT2D eigenvalue weighted by Gasteiger charge is -2.35. The second-order valence-electron chi connectivity index (χ2n) is 7.81. The Morgan fingerprint density at radius 2 is 2.06 bits per heavy atom. The average Bonchev–Trinajstić information content (AvgIpc) is 3.42. The highest BCUT2D eigenvalue weighted by Crippen LogP contribution is 2.46. The van der Waals surface area contributed by atoms with Gasteiger partial charge in [0.25, 0.3) is 0 Å². The molecule has 0 bridgehead atoms. The molecule has 0 fully saturated rings.